The van der Waals surface area contributed by atoms with Gasteiger partial charge in [-0.1, -0.05) is 0 Å². The van der Waals surface area contributed by atoms with Gasteiger partial charge >= 0.3 is 0 Å². The molecule has 166 valence electrons. The van der Waals surface area contributed by atoms with Gasteiger partial charge in [-0.3, -0.25) is 0 Å². The van der Waals surface area contributed by atoms with Crippen molar-refractivity contribution < 1.29 is 4.74 Å². The second-order valence-corrected chi connectivity index (χ2v) is 8.67. The molecule has 9 nitrogen and oxygen atoms in total. The quantitative estimate of drug-likeness (QED) is 0.650. The van der Waals surface area contributed by atoms with Gasteiger partial charge in [-0.25, -0.2) is 15.0 Å². The van der Waals surface area contributed by atoms with Crippen molar-refractivity contribution in [1.29, 1.82) is 5.26 Å². The van der Waals surface area contributed by atoms with E-state index in [1.54, 1.807) is 19.5 Å². The van der Waals surface area contributed by atoms with E-state index in [4.69, 9.17) is 14.7 Å². The molecule has 0 bridgehead atoms. The number of imidazole rings is 1. The van der Waals surface area contributed by atoms with E-state index < -0.39 is 0 Å². The van der Waals surface area contributed by atoms with E-state index in [2.05, 4.69) is 30.8 Å². The topological polar surface area (TPSA) is 105 Å². The van der Waals surface area contributed by atoms with Gasteiger partial charge in [0.05, 0.1) is 23.9 Å². The molecule has 1 saturated heterocycles. The summed E-state index contributed by atoms with van der Waals surface area (Å²) >= 11 is 0. The van der Waals surface area contributed by atoms with Crippen LogP contribution < -0.4 is 10.2 Å². The zero-order chi connectivity index (χ0) is 22.1. The van der Waals surface area contributed by atoms with Crippen molar-refractivity contribution in [2.75, 3.05) is 30.4 Å². The van der Waals surface area contributed by atoms with Crippen molar-refractivity contribution in [3.63, 3.8) is 0 Å². The summed E-state index contributed by atoms with van der Waals surface area (Å²) in [6.07, 6.45) is 8.69. The molecule has 1 saturated carbocycles. The SMILES string of the molecule is COC1CCN(c2nccc(Nc3cc4c(cn3)nc(C)n4C3CC[C@H](C#N)C3)n2)CC1. The minimum Gasteiger partial charge on any atom is -0.381 e. The van der Waals surface area contributed by atoms with E-state index >= 15 is 0 Å². The van der Waals surface area contributed by atoms with E-state index in [1.165, 1.54) is 0 Å². The summed E-state index contributed by atoms with van der Waals surface area (Å²) < 4.78 is 7.73. The standard InChI is InChI=1S/C23H28N8O/c1-15-27-19-14-26-22(12-20(19)31(15)17-4-3-16(11-17)13-24)28-21-5-8-25-23(29-21)30-9-6-18(32-2)7-10-30/h5,8,12,14,16-18H,3-4,6-7,9-11H2,1-2H3,(H,25,26,28,29)/t16-,17?/m0/s1. The number of hydrogen-bond donors (Lipinski definition) is 1. The van der Waals surface area contributed by atoms with E-state index in [-0.39, 0.29) is 5.92 Å². The Morgan fingerprint density at radius 1 is 1.12 bits per heavy atom. The van der Waals surface area contributed by atoms with Gasteiger partial charge in [0, 0.05) is 44.4 Å². The molecule has 0 amide bonds. The van der Waals surface area contributed by atoms with Crippen molar-refractivity contribution >= 4 is 28.6 Å². The average molecular weight is 433 g/mol. The summed E-state index contributed by atoms with van der Waals surface area (Å²) in [6.45, 7) is 3.79. The van der Waals surface area contributed by atoms with Crippen LogP contribution in [0.2, 0.25) is 0 Å². The van der Waals surface area contributed by atoms with Gasteiger partial charge in [-0.05, 0) is 45.1 Å². The van der Waals surface area contributed by atoms with Crippen molar-refractivity contribution in [3.8, 4) is 6.07 Å². The van der Waals surface area contributed by atoms with Crippen molar-refractivity contribution in [2.45, 2.75) is 51.2 Å². The number of nitrogens with one attached hydrogen (secondary N) is 1. The van der Waals surface area contributed by atoms with E-state index in [1.807, 2.05) is 19.1 Å². The number of aromatic nitrogens is 5. The third-order valence-corrected chi connectivity index (χ3v) is 6.66. The van der Waals surface area contributed by atoms with Crippen molar-refractivity contribution in [2.24, 2.45) is 5.92 Å². The van der Waals surface area contributed by atoms with Crippen molar-refractivity contribution in [3.05, 3.63) is 30.4 Å². The number of nitrogens with zero attached hydrogens (tertiary/aromatic N) is 7. The van der Waals surface area contributed by atoms with Crippen LogP contribution in [0.4, 0.5) is 17.6 Å². The van der Waals surface area contributed by atoms with Crippen LogP contribution in [-0.2, 0) is 4.74 Å². The summed E-state index contributed by atoms with van der Waals surface area (Å²) in [4.78, 5) is 20.6. The first-order valence-corrected chi connectivity index (χ1v) is 11.3. The molecule has 32 heavy (non-hydrogen) atoms. The lowest BCUT2D eigenvalue weighted by Gasteiger charge is -2.31. The van der Waals surface area contributed by atoms with Gasteiger partial charge in [-0.15, -0.1) is 0 Å². The molecule has 1 aliphatic heterocycles. The molecular weight excluding hydrogens is 404 g/mol. The third-order valence-electron chi connectivity index (χ3n) is 6.66. The Hall–Kier alpha value is -3.25. The monoisotopic (exact) mass is 432 g/mol. The Labute approximate surface area is 187 Å². The molecule has 5 rings (SSSR count). The molecule has 2 atom stereocenters. The second-order valence-electron chi connectivity index (χ2n) is 8.67. The minimum atomic E-state index is 0.129. The molecule has 1 aliphatic carbocycles. The van der Waals surface area contributed by atoms with Crippen LogP contribution >= 0.6 is 0 Å². The lowest BCUT2D eigenvalue weighted by Crippen LogP contribution is -2.37. The van der Waals surface area contributed by atoms with E-state index in [0.717, 1.165) is 73.8 Å². The number of hydrogen-bond acceptors (Lipinski definition) is 8. The summed E-state index contributed by atoms with van der Waals surface area (Å²) in [6, 6.07) is 6.61. The van der Waals surface area contributed by atoms with Gasteiger partial charge in [0.25, 0.3) is 0 Å². The molecule has 2 aliphatic rings. The second kappa shape index (κ2) is 8.71. The minimum absolute atomic E-state index is 0.129. The first kappa shape index (κ1) is 20.6. The van der Waals surface area contributed by atoms with Crippen LogP contribution in [0.25, 0.3) is 11.0 Å². The maximum atomic E-state index is 9.30. The molecule has 4 heterocycles. The Morgan fingerprint density at radius 2 is 1.97 bits per heavy atom. The highest BCUT2D eigenvalue weighted by atomic mass is 16.5. The molecule has 1 unspecified atom stereocenters. The normalized spacial score (nSPS) is 21.7. The van der Waals surface area contributed by atoms with Gasteiger partial charge in [0.2, 0.25) is 5.95 Å². The van der Waals surface area contributed by atoms with E-state index in [9.17, 15) is 5.26 Å². The molecule has 0 radical (unpaired) electrons. The van der Waals surface area contributed by atoms with Gasteiger partial charge in [0.15, 0.2) is 0 Å². The number of ether oxygens (including phenoxy) is 1. The maximum Gasteiger partial charge on any atom is 0.227 e. The number of rotatable bonds is 5. The molecule has 9 heteroatoms. The first-order valence-electron chi connectivity index (χ1n) is 11.3. The van der Waals surface area contributed by atoms with Crippen LogP contribution in [0.1, 0.15) is 44.0 Å². The van der Waals surface area contributed by atoms with Crippen LogP contribution in [0.3, 0.4) is 0 Å². The van der Waals surface area contributed by atoms with Crippen LogP contribution in [0.15, 0.2) is 24.5 Å². The smallest absolute Gasteiger partial charge is 0.227 e. The van der Waals surface area contributed by atoms with Gasteiger partial charge < -0.3 is 19.5 Å². The average Bonchev–Trinajstić information content (AvgIpc) is 3.42. The van der Waals surface area contributed by atoms with Gasteiger partial charge in [-0.2, -0.15) is 10.2 Å². The molecule has 2 fully saturated rings. The predicted octanol–water partition coefficient (Wildman–Crippen LogP) is 3.75. The third kappa shape index (κ3) is 3.98. The Kier molecular flexibility index (Phi) is 5.62. The maximum absolute atomic E-state index is 9.30. The molecule has 0 spiro atoms. The fraction of sp³-hybridized carbons (Fsp3) is 0.522. The van der Waals surface area contributed by atoms with E-state index in [0.29, 0.717) is 18.0 Å². The number of anilines is 3. The number of pyridine rings is 1. The first-order chi connectivity index (χ1) is 15.6. The summed E-state index contributed by atoms with van der Waals surface area (Å²) in [7, 11) is 1.77. The Balaban J connectivity index is 1.37. The highest BCUT2D eigenvalue weighted by Crippen LogP contribution is 2.37. The fourth-order valence-corrected chi connectivity index (χ4v) is 4.95. The number of aryl methyl sites for hydroxylation is 1. The highest BCUT2D eigenvalue weighted by Gasteiger charge is 2.28. The zero-order valence-corrected chi connectivity index (χ0v) is 18.5. The largest absolute Gasteiger partial charge is 0.381 e. The van der Waals surface area contributed by atoms with Crippen LogP contribution in [-0.4, -0.2) is 50.8 Å². The number of piperidine rings is 1. The molecule has 3 aromatic heterocycles. The fourth-order valence-electron chi connectivity index (χ4n) is 4.95. The number of methoxy groups -OCH3 is 1. The number of fused-ring (bicyclic) bond motifs is 1. The lowest BCUT2D eigenvalue weighted by molar-refractivity contribution is 0.0816. The summed E-state index contributed by atoms with van der Waals surface area (Å²) in [5.74, 6) is 3.25. The van der Waals surface area contributed by atoms with Crippen LogP contribution in [0, 0.1) is 24.2 Å². The molecule has 3 aromatic rings. The van der Waals surface area contributed by atoms with Gasteiger partial charge in [0.1, 0.15) is 23.0 Å². The lowest BCUT2D eigenvalue weighted by atomic mass is 10.1. The molecule has 0 aromatic carbocycles. The Bertz CT molecular complexity index is 1140. The predicted molar refractivity (Wildman–Crippen MR) is 122 cm³/mol. The highest BCUT2D eigenvalue weighted by molar-refractivity contribution is 5.79. The summed E-state index contributed by atoms with van der Waals surface area (Å²) in [5.41, 5.74) is 1.91. The number of nitriles is 1. The molecule has 1 N–H and O–H groups in total. The summed E-state index contributed by atoms with van der Waals surface area (Å²) in [5, 5.41) is 12.6. The van der Waals surface area contributed by atoms with Crippen molar-refractivity contribution in [1.82, 2.24) is 24.5 Å². The van der Waals surface area contributed by atoms with Crippen LogP contribution in [0.5, 0.6) is 0 Å². The zero-order valence-electron chi connectivity index (χ0n) is 18.5. The molecular formula is C23H28N8O. The Morgan fingerprint density at radius 3 is 2.72 bits per heavy atom.